The van der Waals surface area contributed by atoms with E-state index in [9.17, 15) is 9.59 Å². The molecule has 98 valence electrons. The van der Waals surface area contributed by atoms with Gasteiger partial charge in [-0.25, -0.2) is 4.79 Å². The highest BCUT2D eigenvalue weighted by molar-refractivity contribution is 5.84. The van der Waals surface area contributed by atoms with E-state index in [1.54, 1.807) is 0 Å². The summed E-state index contributed by atoms with van der Waals surface area (Å²) in [6.45, 7) is 4.41. The van der Waals surface area contributed by atoms with Crippen LogP contribution in [0.4, 0.5) is 0 Å². The Balaban J connectivity index is 2.21. The summed E-state index contributed by atoms with van der Waals surface area (Å²) in [5.74, 6) is -0.509. The van der Waals surface area contributed by atoms with Crippen molar-refractivity contribution in [2.75, 3.05) is 13.2 Å². The van der Waals surface area contributed by atoms with Crippen molar-refractivity contribution in [3.05, 3.63) is 0 Å². The largest absolute Gasteiger partial charge is 0.480 e. The molecule has 0 aromatic rings. The topological polar surface area (TPSA) is 75.6 Å². The van der Waals surface area contributed by atoms with E-state index >= 15 is 0 Å². The van der Waals surface area contributed by atoms with Crippen LogP contribution in [0.3, 0.4) is 0 Å². The second-order valence-corrected chi connectivity index (χ2v) is 5.05. The third-order valence-corrected chi connectivity index (χ3v) is 2.62. The van der Waals surface area contributed by atoms with Crippen LogP contribution in [-0.4, -0.2) is 36.2 Å². The molecule has 0 aliphatic heterocycles. The third-order valence-electron chi connectivity index (χ3n) is 2.62. The minimum Gasteiger partial charge on any atom is -0.480 e. The number of amides is 1. The van der Waals surface area contributed by atoms with Gasteiger partial charge in [0.25, 0.3) is 0 Å². The molecule has 1 rings (SSSR count). The van der Waals surface area contributed by atoms with Crippen molar-refractivity contribution in [1.82, 2.24) is 5.32 Å². The second kappa shape index (κ2) is 6.59. The summed E-state index contributed by atoms with van der Waals surface area (Å²) in [5, 5.41) is 11.4. The van der Waals surface area contributed by atoms with Gasteiger partial charge in [-0.2, -0.15) is 0 Å². The first-order chi connectivity index (χ1) is 7.99. The van der Waals surface area contributed by atoms with E-state index in [-0.39, 0.29) is 18.4 Å². The number of carboxylic acid groups (broad SMARTS) is 1. The van der Waals surface area contributed by atoms with Gasteiger partial charge < -0.3 is 15.2 Å². The van der Waals surface area contributed by atoms with Gasteiger partial charge in [0.05, 0.1) is 6.61 Å². The van der Waals surface area contributed by atoms with Gasteiger partial charge in [-0.05, 0) is 31.1 Å². The van der Waals surface area contributed by atoms with E-state index < -0.39 is 12.0 Å². The van der Waals surface area contributed by atoms with E-state index in [1.165, 1.54) is 12.8 Å². The lowest BCUT2D eigenvalue weighted by Crippen LogP contribution is -2.43. The number of carbonyl (C=O) groups is 2. The summed E-state index contributed by atoms with van der Waals surface area (Å²) in [7, 11) is 0. The highest BCUT2D eigenvalue weighted by Gasteiger charge is 2.23. The molecule has 1 amide bonds. The van der Waals surface area contributed by atoms with Gasteiger partial charge in [0.1, 0.15) is 12.6 Å². The number of hydrogen-bond acceptors (Lipinski definition) is 3. The highest BCUT2D eigenvalue weighted by atomic mass is 16.5. The first kappa shape index (κ1) is 14.0. The van der Waals surface area contributed by atoms with Gasteiger partial charge in [0, 0.05) is 0 Å². The number of hydrogen-bond donors (Lipinski definition) is 2. The number of carboxylic acids is 1. The predicted molar refractivity (Wildman–Crippen MR) is 62.6 cm³/mol. The molecule has 5 heteroatoms. The Morgan fingerprint density at radius 3 is 2.53 bits per heavy atom. The Morgan fingerprint density at radius 1 is 1.41 bits per heavy atom. The molecule has 0 bridgehead atoms. The quantitative estimate of drug-likeness (QED) is 0.667. The Morgan fingerprint density at radius 2 is 2.06 bits per heavy atom. The molecule has 0 radical (unpaired) electrons. The van der Waals surface area contributed by atoms with Gasteiger partial charge in [-0.3, -0.25) is 4.79 Å². The van der Waals surface area contributed by atoms with E-state index in [0.717, 1.165) is 0 Å². The van der Waals surface area contributed by atoms with E-state index in [1.807, 2.05) is 13.8 Å². The lowest BCUT2D eigenvalue weighted by atomic mass is 10.0. The van der Waals surface area contributed by atoms with Gasteiger partial charge in [-0.1, -0.05) is 13.8 Å². The molecular formula is C12H21NO4. The molecule has 1 atom stereocenters. The molecule has 17 heavy (non-hydrogen) atoms. The van der Waals surface area contributed by atoms with Crippen LogP contribution in [0.2, 0.25) is 0 Å². The Hall–Kier alpha value is -1.10. The van der Waals surface area contributed by atoms with Crippen molar-refractivity contribution in [1.29, 1.82) is 0 Å². The molecule has 1 aliphatic rings. The minimum absolute atomic E-state index is 0.0433. The molecule has 5 nitrogen and oxygen atoms in total. The molecule has 0 aromatic carbocycles. The second-order valence-electron chi connectivity index (χ2n) is 5.05. The van der Waals surface area contributed by atoms with E-state index in [0.29, 0.717) is 18.9 Å². The van der Waals surface area contributed by atoms with Crippen LogP contribution in [0.1, 0.15) is 33.1 Å². The summed E-state index contributed by atoms with van der Waals surface area (Å²) in [6.07, 6.45) is 2.78. The van der Waals surface area contributed by atoms with Gasteiger partial charge in [0.15, 0.2) is 0 Å². The molecular weight excluding hydrogens is 222 g/mol. The normalized spacial score (nSPS) is 16.9. The molecule has 1 fully saturated rings. The van der Waals surface area contributed by atoms with Crippen molar-refractivity contribution in [2.24, 2.45) is 11.8 Å². The number of rotatable bonds is 8. The monoisotopic (exact) mass is 243 g/mol. The smallest absolute Gasteiger partial charge is 0.326 e. The van der Waals surface area contributed by atoms with Crippen molar-refractivity contribution in [3.63, 3.8) is 0 Å². The van der Waals surface area contributed by atoms with Crippen molar-refractivity contribution in [3.8, 4) is 0 Å². The molecule has 0 heterocycles. The standard InChI is InChI=1S/C12H21NO4/c1-8(2)5-10(12(15)16)13-11(14)7-17-6-9-3-4-9/h8-10H,3-7H2,1-2H3,(H,13,14)(H,15,16). The zero-order valence-corrected chi connectivity index (χ0v) is 10.4. The Labute approximate surface area is 102 Å². The van der Waals surface area contributed by atoms with E-state index in [4.69, 9.17) is 9.84 Å². The lowest BCUT2D eigenvalue weighted by molar-refractivity contribution is -0.143. The van der Waals surface area contributed by atoms with Crippen LogP contribution in [0.25, 0.3) is 0 Å². The molecule has 2 N–H and O–H groups in total. The van der Waals surface area contributed by atoms with Gasteiger partial charge >= 0.3 is 5.97 Å². The maximum atomic E-state index is 11.4. The zero-order chi connectivity index (χ0) is 12.8. The van der Waals surface area contributed by atoms with Crippen LogP contribution in [0.15, 0.2) is 0 Å². The van der Waals surface area contributed by atoms with Crippen molar-refractivity contribution >= 4 is 11.9 Å². The van der Waals surface area contributed by atoms with Crippen LogP contribution in [-0.2, 0) is 14.3 Å². The average Bonchev–Trinajstić information content (AvgIpc) is 2.99. The van der Waals surface area contributed by atoms with Gasteiger partial charge in [-0.15, -0.1) is 0 Å². The number of nitrogens with one attached hydrogen (secondary N) is 1. The fraction of sp³-hybridized carbons (Fsp3) is 0.833. The number of ether oxygens (including phenoxy) is 1. The fourth-order valence-electron chi connectivity index (χ4n) is 1.53. The van der Waals surface area contributed by atoms with Crippen LogP contribution in [0.5, 0.6) is 0 Å². The first-order valence-corrected chi connectivity index (χ1v) is 6.09. The number of carbonyl (C=O) groups excluding carboxylic acids is 1. The van der Waals surface area contributed by atoms with Gasteiger partial charge in [0.2, 0.25) is 5.91 Å². The zero-order valence-electron chi connectivity index (χ0n) is 10.4. The SMILES string of the molecule is CC(C)CC(NC(=O)COCC1CC1)C(=O)O. The molecule has 0 saturated heterocycles. The van der Waals surface area contributed by atoms with E-state index in [2.05, 4.69) is 5.32 Å². The summed E-state index contributed by atoms with van der Waals surface area (Å²) < 4.78 is 5.20. The summed E-state index contributed by atoms with van der Waals surface area (Å²) in [5.41, 5.74) is 0. The van der Waals surface area contributed by atoms with Crippen molar-refractivity contribution in [2.45, 2.75) is 39.2 Å². The predicted octanol–water partition coefficient (Wildman–Crippen LogP) is 1.03. The highest BCUT2D eigenvalue weighted by Crippen LogP contribution is 2.28. The minimum atomic E-state index is -0.991. The molecule has 0 spiro atoms. The van der Waals surface area contributed by atoms with Crippen molar-refractivity contribution < 1.29 is 19.4 Å². The summed E-state index contributed by atoms with van der Waals surface area (Å²) >= 11 is 0. The Bertz CT molecular complexity index is 274. The maximum absolute atomic E-state index is 11.4. The molecule has 0 aromatic heterocycles. The average molecular weight is 243 g/mol. The molecule has 1 unspecified atom stereocenters. The Kier molecular flexibility index (Phi) is 5.41. The lowest BCUT2D eigenvalue weighted by Gasteiger charge is -2.16. The van der Waals surface area contributed by atoms with Crippen LogP contribution < -0.4 is 5.32 Å². The fourth-order valence-corrected chi connectivity index (χ4v) is 1.53. The summed E-state index contributed by atoms with van der Waals surface area (Å²) in [4.78, 5) is 22.3. The van der Waals surface area contributed by atoms with Crippen LogP contribution >= 0.6 is 0 Å². The summed E-state index contributed by atoms with van der Waals surface area (Å²) in [6, 6.07) is -0.813. The first-order valence-electron chi connectivity index (χ1n) is 6.09. The number of aliphatic carboxylic acids is 1. The van der Waals surface area contributed by atoms with Crippen LogP contribution in [0, 0.1) is 11.8 Å². The molecule has 1 aliphatic carbocycles. The third kappa shape index (κ3) is 6.26. The molecule has 1 saturated carbocycles. The maximum Gasteiger partial charge on any atom is 0.326 e.